The molecule has 1 heterocycles. The molecule has 104 valence electrons. The van der Waals surface area contributed by atoms with Crippen LogP contribution in [0.3, 0.4) is 0 Å². The molecule has 1 unspecified atom stereocenters. The summed E-state index contributed by atoms with van der Waals surface area (Å²) in [6.45, 7) is 3.16. The van der Waals surface area contributed by atoms with Gasteiger partial charge in [0.2, 0.25) is 0 Å². The van der Waals surface area contributed by atoms with Crippen LogP contribution < -0.4 is 0 Å². The number of carbonyl (C=O) groups excluding carboxylic acids is 1. The van der Waals surface area contributed by atoms with Gasteiger partial charge in [0.1, 0.15) is 5.41 Å². The van der Waals surface area contributed by atoms with Gasteiger partial charge in [-0.1, -0.05) is 6.92 Å². The predicted molar refractivity (Wildman–Crippen MR) is 73.9 cm³/mol. The zero-order valence-corrected chi connectivity index (χ0v) is 11.4. The molecule has 1 aromatic carbocycles. The molecule has 0 bridgehead atoms. The van der Waals surface area contributed by atoms with E-state index < -0.39 is 11.4 Å². The van der Waals surface area contributed by atoms with Crippen molar-refractivity contribution in [1.82, 2.24) is 9.55 Å². The molecule has 0 saturated heterocycles. The summed E-state index contributed by atoms with van der Waals surface area (Å²) in [6, 6.07) is 6.84. The van der Waals surface area contributed by atoms with Crippen LogP contribution in [0.25, 0.3) is 5.69 Å². The van der Waals surface area contributed by atoms with Crippen LogP contribution in [0.1, 0.15) is 30.6 Å². The summed E-state index contributed by atoms with van der Waals surface area (Å²) in [7, 11) is 0. The van der Waals surface area contributed by atoms with Gasteiger partial charge in [0.25, 0.3) is 0 Å². The Morgan fingerprint density at radius 2 is 1.95 bits per heavy atom. The third kappa shape index (κ3) is 2.34. The fourth-order valence-corrected chi connectivity index (χ4v) is 1.92. The first kappa shape index (κ1) is 14.0. The lowest BCUT2D eigenvalue weighted by Gasteiger charge is -2.21. The van der Waals surface area contributed by atoms with Gasteiger partial charge in [-0.15, -0.1) is 0 Å². The summed E-state index contributed by atoms with van der Waals surface area (Å²) >= 11 is 0. The summed E-state index contributed by atoms with van der Waals surface area (Å²) in [4.78, 5) is 27.6. The monoisotopic (exact) mass is 272 g/mol. The van der Waals surface area contributed by atoms with Gasteiger partial charge < -0.3 is 9.67 Å². The van der Waals surface area contributed by atoms with E-state index in [2.05, 4.69) is 4.98 Å². The molecule has 2 rings (SSSR count). The zero-order chi connectivity index (χ0) is 14.8. The maximum absolute atomic E-state index is 12.3. The molecule has 0 aliphatic rings. The fourth-order valence-electron chi connectivity index (χ4n) is 1.92. The van der Waals surface area contributed by atoms with Gasteiger partial charge in [-0.2, -0.15) is 0 Å². The van der Waals surface area contributed by atoms with Crippen LogP contribution >= 0.6 is 0 Å². The Balaban J connectivity index is 2.30. The normalized spacial score (nSPS) is 13.7. The zero-order valence-electron chi connectivity index (χ0n) is 11.4. The van der Waals surface area contributed by atoms with Crippen molar-refractivity contribution in [3.05, 3.63) is 48.5 Å². The summed E-state index contributed by atoms with van der Waals surface area (Å²) in [5.41, 5.74) is -0.107. The van der Waals surface area contributed by atoms with E-state index in [9.17, 15) is 14.7 Å². The molecule has 0 amide bonds. The Labute approximate surface area is 116 Å². The van der Waals surface area contributed by atoms with Crippen molar-refractivity contribution < 1.29 is 14.7 Å². The third-order valence-corrected chi connectivity index (χ3v) is 3.61. The molecule has 1 atom stereocenters. The second-order valence-electron chi connectivity index (χ2n) is 4.84. The fraction of sp³-hybridized carbons (Fsp3) is 0.267. The van der Waals surface area contributed by atoms with Gasteiger partial charge >= 0.3 is 5.97 Å². The standard InChI is InChI=1S/C15H16N2O3/c1-3-15(2,14(19)20)13(18)11-4-6-12(7-5-11)17-9-8-16-10-17/h4-10H,3H2,1-2H3,(H,19,20). The van der Waals surface area contributed by atoms with Crippen LogP contribution in [0.5, 0.6) is 0 Å². The highest BCUT2D eigenvalue weighted by molar-refractivity contribution is 6.11. The van der Waals surface area contributed by atoms with Crippen LogP contribution in [0.2, 0.25) is 0 Å². The second-order valence-corrected chi connectivity index (χ2v) is 4.84. The first-order valence-corrected chi connectivity index (χ1v) is 6.35. The molecule has 1 aromatic heterocycles. The average Bonchev–Trinajstić information content (AvgIpc) is 2.99. The maximum Gasteiger partial charge on any atom is 0.317 e. The number of benzene rings is 1. The molecule has 0 radical (unpaired) electrons. The topological polar surface area (TPSA) is 72.2 Å². The highest BCUT2D eigenvalue weighted by atomic mass is 16.4. The number of rotatable bonds is 5. The van der Waals surface area contributed by atoms with E-state index in [1.54, 1.807) is 49.9 Å². The minimum Gasteiger partial charge on any atom is -0.480 e. The van der Waals surface area contributed by atoms with Crippen molar-refractivity contribution in [2.75, 3.05) is 0 Å². The number of carboxylic acids is 1. The van der Waals surface area contributed by atoms with Crippen LogP contribution in [0, 0.1) is 5.41 Å². The molecular formula is C15H16N2O3. The SMILES string of the molecule is CCC(C)(C(=O)O)C(=O)c1ccc(-n2ccnc2)cc1. The van der Waals surface area contributed by atoms with Gasteiger partial charge in [-0.05, 0) is 37.6 Å². The Morgan fingerprint density at radius 3 is 2.40 bits per heavy atom. The van der Waals surface area contributed by atoms with Crippen molar-refractivity contribution >= 4 is 11.8 Å². The first-order chi connectivity index (χ1) is 9.49. The van der Waals surface area contributed by atoms with Gasteiger partial charge in [-0.25, -0.2) is 4.98 Å². The molecule has 0 spiro atoms. The minimum atomic E-state index is -1.38. The summed E-state index contributed by atoms with van der Waals surface area (Å²) in [5, 5.41) is 9.24. The quantitative estimate of drug-likeness (QED) is 0.670. The Kier molecular flexibility index (Phi) is 3.70. The summed E-state index contributed by atoms with van der Waals surface area (Å²) in [5.74, 6) is -1.46. The molecular weight excluding hydrogens is 256 g/mol. The smallest absolute Gasteiger partial charge is 0.317 e. The number of nitrogens with zero attached hydrogens (tertiary/aromatic N) is 2. The number of aliphatic carboxylic acids is 1. The number of hydrogen-bond acceptors (Lipinski definition) is 3. The Hall–Kier alpha value is -2.43. The predicted octanol–water partition coefficient (Wildman–Crippen LogP) is 2.56. The van der Waals surface area contributed by atoms with E-state index in [1.165, 1.54) is 6.92 Å². The van der Waals surface area contributed by atoms with Crippen molar-refractivity contribution in [2.24, 2.45) is 5.41 Å². The molecule has 5 heteroatoms. The number of hydrogen-bond donors (Lipinski definition) is 1. The number of Topliss-reactive ketones (excluding diaryl/α,β-unsaturated/α-hetero) is 1. The number of carboxylic acid groups (broad SMARTS) is 1. The first-order valence-electron chi connectivity index (χ1n) is 6.35. The lowest BCUT2D eigenvalue weighted by atomic mass is 9.80. The van der Waals surface area contributed by atoms with E-state index in [0.717, 1.165) is 5.69 Å². The molecule has 0 fully saturated rings. The molecule has 0 saturated carbocycles. The number of aromatic nitrogens is 2. The number of carbonyl (C=O) groups is 2. The number of imidazole rings is 1. The molecule has 5 nitrogen and oxygen atoms in total. The number of ketones is 1. The summed E-state index contributed by atoms with van der Waals surface area (Å²) in [6.07, 6.45) is 5.37. The highest BCUT2D eigenvalue weighted by Crippen LogP contribution is 2.27. The lowest BCUT2D eigenvalue weighted by molar-refractivity contribution is -0.145. The van der Waals surface area contributed by atoms with E-state index >= 15 is 0 Å². The molecule has 0 aliphatic carbocycles. The Morgan fingerprint density at radius 1 is 1.30 bits per heavy atom. The third-order valence-electron chi connectivity index (χ3n) is 3.61. The second kappa shape index (κ2) is 5.28. The minimum absolute atomic E-state index is 0.254. The lowest BCUT2D eigenvalue weighted by Crippen LogP contribution is -2.35. The van der Waals surface area contributed by atoms with Gasteiger partial charge in [0.05, 0.1) is 6.33 Å². The van der Waals surface area contributed by atoms with Gasteiger partial charge in [-0.3, -0.25) is 9.59 Å². The average molecular weight is 272 g/mol. The largest absolute Gasteiger partial charge is 0.480 e. The molecule has 20 heavy (non-hydrogen) atoms. The van der Waals surface area contributed by atoms with E-state index in [0.29, 0.717) is 5.56 Å². The van der Waals surface area contributed by atoms with Crippen molar-refractivity contribution in [2.45, 2.75) is 20.3 Å². The molecule has 0 aliphatic heterocycles. The van der Waals surface area contributed by atoms with E-state index in [4.69, 9.17) is 0 Å². The van der Waals surface area contributed by atoms with Crippen LogP contribution in [-0.2, 0) is 4.79 Å². The summed E-state index contributed by atoms with van der Waals surface area (Å²) < 4.78 is 1.81. The molecule has 2 aromatic rings. The van der Waals surface area contributed by atoms with Crippen LogP contribution in [0.4, 0.5) is 0 Å². The van der Waals surface area contributed by atoms with Crippen LogP contribution in [0.15, 0.2) is 43.0 Å². The van der Waals surface area contributed by atoms with Crippen LogP contribution in [-0.4, -0.2) is 26.4 Å². The molecule has 1 N–H and O–H groups in total. The highest BCUT2D eigenvalue weighted by Gasteiger charge is 2.39. The van der Waals surface area contributed by atoms with E-state index in [-0.39, 0.29) is 12.2 Å². The van der Waals surface area contributed by atoms with E-state index in [1.807, 2.05) is 4.57 Å². The maximum atomic E-state index is 12.3. The van der Waals surface area contributed by atoms with Crippen molar-refractivity contribution in [3.8, 4) is 5.69 Å². The van der Waals surface area contributed by atoms with Crippen molar-refractivity contribution in [3.63, 3.8) is 0 Å². The van der Waals surface area contributed by atoms with Gasteiger partial charge in [0, 0.05) is 23.6 Å². The van der Waals surface area contributed by atoms with Gasteiger partial charge in [0.15, 0.2) is 5.78 Å². The Bertz CT molecular complexity index is 617. The van der Waals surface area contributed by atoms with Crippen molar-refractivity contribution in [1.29, 1.82) is 0 Å².